The molecule has 2 saturated heterocycles. The van der Waals surface area contributed by atoms with E-state index in [4.69, 9.17) is 0 Å². The summed E-state index contributed by atoms with van der Waals surface area (Å²) in [6.45, 7) is 2.77. The van der Waals surface area contributed by atoms with Crippen molar-refractivity contribution in [2.24, 2.45) is 0 Å². The van der Waals surface area contributed by atoms with Crippen molar-refractivity contribution in [2.75, 3.05) is 19.6 Å². The van der Waals surface area contributed by atoms with Gasteiger partial charge in [-0.15, -0.1) is 0 Å². The standard InChI is InChI=1S/C16H21N3O2/c20-14-16(18-15(21)17-14)8-11-19(12-9-16)10-4-7-13-5-2-1-3-6-13/h1-3,5-6H,4,7-12H2,(H2,17,18,20,21). The summed E-state index contributed by atoms with van der Waals surface area (Å²) < 4.78 is 0. The average Bonchev–Trinajstić information content (AvgIpc) is 2.76. The van der Waals surface area contributed by atoms with Gasteiger partial charge >= 0.3 is 6.03 Å². The molecule has 0 aliphatic carbocycles. The minimum absolute atomic E-state index is 0.156. The molecule has 2 N–H and O–H groups in total. The molecule has 2 aliphatic heterocycles. The van der Waals surface area contributed by atoms with Crippen LogP contribution in [0.4, 0.5) is 4.79 Å². The van der Waals surface area contributed by atoms with Crippen LogP contribution in [0, 0.1) is 0 Å². The number of amides is 3. The van der Waals surface area contributed by atoms with Crippen molar-refractivity contribution in [1.82, 2.24) is 15.5 Å². The third-order valence-corrected chi connectivity index (χ3v) is 4.51. The highest BCUT2D eigenvalue weighted by Gasteiger charge is 2.47. The van der Waals surface area contributed by atoms with Crippen LogP contribution in [0.25, 0.3) is 0 Å². The molecule has 2 fully saturated rings. The van der Waals surface area contributed by atoms with Crippen LogP contribution in [0.1, 0.15) is 24.8 Å². The minimum atomic E-state index is -0.646. The Bertz CT molecular complexity index is 522. The smallest absolute Gasteiger partial charge is 0.322 e. The molecule has 1 aromatic carbocycles. The molecule has 2 aliphatic rings. The van der Waals surface area contributed by atoms with Crippen molar-refractivity contribution < 1.29 is 9.59 Å². The monoisotopic (exact) mass is 287 g/mol. The molecule has 0 aromatic heterocycles. The number of imide groups is 1. The van der Waals surface area contributed by atoms with Crippen molar-refractivity contribution in [3.8, 4) is 0 Å². The Hall–Kier alpha value is -1.88. The van der Waals surface area contributed by atoms with Crippen LogP contribution < -0.4 is 10.6 Å². The predicted molar refractivity (Wildman–Crippen MR) is 79.8 cm³/mol. The molecule has 21 heavy (non-hydrogen) atoms. The summed E-state index contributed by atoms with van der Waals surface area (Å²) in [7, 11) is 0. The number of likely N-dealkylation sites (tertiary alicyclic amines) is 1. The van der Waals surface area contributed by atoms with Crippen molar-refractivity contribution in [2.45, 2.75) is 31.2 Å². The van der Waals surface area contributed by atoms with E-state index >= 15 is 0 Å². The Balaban J connectivity index is 1.44. The molecule has 0 atom stereocenters. The number of hydrogen-bond donors (Lipinski definition) is 2. The fraction of sp³-hybridized carbons (Fsp3) is 0.500. The number of urea groups is 1. The summed E-state index contributed by atoms with van der Waals surface area (Å²) in [6, 6.07) is 10.1. The van der Waals surface area contributed by atoms with Crippen LogP contribution in [0.3, 0.4) is 0 Å². The number of carbonyl (C=O) groups is 2. The maximum absolute atomic E-state index is 11.9. The lowest BCUT2D eigenvalue weighted by molar-refractivity contribution is -0.125. The van der Waals surface area contributed by atoms with Gasteiger partial charge in [0.15, 0.2) is 0 Å². The van der Waals surface area contributed by atoms with E-state index in [0.717, 1.165) is 32.5 Å². The summed E-state index contributed by atoms with van der Waals surface area (Å²) in [5.41, 5.74) is 0.723. The van der Waals surface area contributed by atoms with Crippen LogP contribution in [0.15, 0.2) is 30.3 Å². The quantitative estimate of drug-likeness (QED) is 0.820. The Morgan fingerprint density at radius 3 is 2.43 bits per heavy atom. The molecule has 0 saturated carbocycles. The number of benzene rings is 1. The highest BCUT2D eigenvalue weighted by molar-refractivity contribution is 6.07. The van der Waals surface area contributed by atoms with Crippen molar-refractivity contribution in [3.63, 3.8) is 0 Å². The largest absolute Gasteiger partial charge is 0.323 e. The lowest BCUT2D eigenvalue weighted by Crippen LogP contribution is -2.54. The third kappa shape index (κ3) is 3.08. The van der Waals surface area contributed by atoms with Crippen LogP contribution >= 0.6 is 0 Å². The van der Waals surface area contributed by atoms with E-state index in [1.54, 1.807) is 0 Å². The SMILES string of the molecule is O=C1NC(=O)C2(CCN(CCCc3ccccc3)CC2)N1. The van der Waals surface area contributed by atoms with Crippen molar-refractivity contribution in [1.29, 1.82) is 0 Å². The Morgan fingerprint density at radius 1 is 1.10 bits per heavy atom. The van der Waals surface area contributed by atoms with Gasteiger partial charge in [0.05, 0.1) is 0 Å². The maximum atomic E-state index is 11.9. The molecular weight excluding hydrogens is 266 g/mol. The lowest BCUT2D eigenvalue weighted by atomic mass is 9.87. The van der Waals surface area contributed by atoms with E-state index in [0.29, 0.717) is 12.8 Å². The molecule has 5 nitrogen and oxygen atoms in total. The second-order valence-corrected chi connectivity index (χ2v) is 5.92. The van der Waals surface area contributed by atoms with Gasteiger partial charge < -0.3 is 10.2 Å². The number of nitrogens with zero attached hydrogens (tertiary/aromatic N) is 1. The molecule has 3 amide bonds. The van der Waals surface area contributed by atoms with Gasteiger partial charge in [-0.2, -0.15) is 0 Å². The van der Waals surface area contributed by atoms with E-state index in [-0.39, 0.29) is 11.9 Å². The van der Waals surface area contributed by atoms with Crippen LogP contribution in [-0.2, 0) is 11.2 Å². The molecule has 0 radical (unpaired) electrons. The molecule has 3 rings (SSSR count). The zero-order chi connectivity index (χ0) is 14.7. The van der Waals surface area contributed by atoms with Gasteiger partial charge in [-0.3, -0.25) is 10.1 Å². The lowest BCUT2D eigenvalue weighted by Gasteiger charge is -2.36. The number of aryl methyl sites for hydroxylation is 1. The van der Waals surface area contributed by atoms with E-state index in [1.807, 2.05) is 6.07 Å². The highest BCUT2D eigenvalue weighted by atomic mass is 16.2. The number of rotatable bonds is 4. The predicted octanol–water partition coefficient (Wildman–Crippen LogP) is 1.29. The zero-order valence-electron chi connectivity index (χ0n) is 12.1. The first-order chi connectivity index (χ1) is 10.2. The molecule has 5 heteroatoms. The number of nitrogens with one attached hydrogen (secondary N) is 2. The number of carbonyl (C=O) groups excluding carboxylic acids is 2. The summed E-state index contributed by atoms with van der Waals surface area (Å²) >= 11 is 0. The van der Waals surface area contributed by atoms with E-state index in [9.17, 15) is 9.59 Å². The van der Waals surface area contributed by atoms with Gasteiger partial charge in [0.1, 0.15) is 5.54 Å². The first-order valence-electron chi connectivity index (χ1n) is 7.58. The summed E-state index contributed by atoms with van der Waals surface area (Å²) in [6.07, 6.45) is 3.61. The molecular formula is C16H21N3O2. The van der Waals surface area contributed by atoms with Gasteiger partial charge in [-0.05, 0) is 37.8 Å². The van der Waals surface area contributed by atoms with Crippen molar-refractivity contribution >= 4 is 11.9 Å². The summed E-state index contributed by atoms with van der Waals surface area (Å²) in [4.78, 5) is 25.5. The van der Waals surface area contributed by atoms with Gasteiger partial charge in [0.25, 0.3) is 5.91 Å². The second kappa shape index (κ2) is 5.85. The summed E-state index contributed by atoms with van der Waals surface area (Å²) in [5, 5.41) is 5.14. The molecule has 1 spiro atoms. The van der Waals surface area contributed by atoms with Gasteiger partial charge in [-0.25, -0.2) is 4.79 Å². The summed E-state index contributed by atoms with van der Waals surface area (Å²) in [5.74, 6) is -0.156. The zero-order valence-corrected chi connectivity index (χ0v) is 12.1. The Kier molecular flexibility index (Phi) is 3.92. The van der Waals surface area contributed by atoms with Crippen LogP contribution in [-0.4, -0.2) is 42.0 Å². The fourth-order valence-corrected chi connectivity index (χ4v) is 3.19. The Labute approximate surface area is 124 Å². The van der Waals surface area contributed by atoms with E-state index in [2.05, 4.69) is 39.8 Å². The van der Waals surface area contributed by atoms with Gasteiger partial charge in [0.2, 0.25) is 0 Å². The van der Waals surface area contributed by atoms with E-state index < -0.39 is 5.54 Å². The van der Waals surface area contributed by atoms with Crippen molar-refractivity contribution in [3.05, 3.63) is 35.9 Å². The van der Waals surface area contributed by atoms with Crippen LogP contribution in [0.5, 0.6) is 0 Å². The number of hydrogen-bond acceptors (Lipinski definition) is 3. The second-order valence-electron chi connectivity index (χ2n) is 5.92. The third-order valence-electron chi connectivity index (χ3n) is 4.51. The van der Waals surface area contributed by atoms with Gasteiger partial charge in [0, 0.05) is 13.1 Å². The maximum Gasteiger partial charge on any atom is 0.322 e. The molecule has 2 heterocycles. The molecule has 1 aromatic rings. The Morgan fingerprint density at radius 2 is 1.81 bits per heavy atom. The minimum Gasteiger partial charge on any atom is -0.323 e. The van der Waals surface area contributed by atoms with Crippen LogP contribution in [0.2, 0.25) is 0 Å². The number of piperidine rings is 1. The highest BCUT2D eigenvalue weighted by Crippen LogP contribution is 2.25. The molecule has 112 valence electrons. The average molecular weight is 287 g/mol. The topological polar surface area (TPSA) is 61.4 Å². The normalized spacial score (nSPS) is 21.3. The first kappa shape index (κ1) is 14.1. The fourth-order valence-electron chi connectivity index (χ4n) is 3.19. The molecule has 0 unspecified atom stereocenters. The first-order valence-corrected chi connectivity index (χ1v) is 7.58. The molecule has 0 bridgehead atoms. The van der Waals surface area contributed by atoms with Gasteiger partial charge in [-0.1, -0.05) is 30.3 Å². The van der Waals surface area contributed by atoms with E-state index in [1.165, 1.54) is 5.56 Å².